The van der Waals surface area contributed by atoms with Crippen molar-refractivity contribution < 1.29 is 4.74 Å². The molecule has 0 aliphatic carbocycles. The zero-order valence-electron chi connectivity index (χ0n) is 10.2. The SMILES string of the molecule is COc1ccc(Cc2c(Br)ncn2C)cc1C. The zero-order valence-corrected chi connectivity index (χ0v) is 11.8. The molecule has 2 rings (SSSR count). The second-order valence-corrected chi connectivity index (χ2v) is 4.82. The third kappa shape index (κ3) is 2.52. The van der Waals surface area contributed by atoms with Crippen molar-refractivity contribution >= 4 is 15.9 Å². The molecule has 0 aliphatic rings. The highest BCUT2D eigenvalue weighted by Gasteiger charge is 2.08. The van der Waals surface area contributed by atoms with Crippen LogP contribution >= 0.6 is 15.9 Å². The van der Waals surface area contributed by atoms with E-state index in [1.807, 2.05) is 24.0 Å². The smallest absolute Gasteiger partial charge is 0.127 e. The van der Waals surface area contributed by atoms with Gasteiger partial charge in [0.15, 0.2) is 0 Å². The van der Waals surface area contributed by atoms with E-state index in [4.69, 9.17) is 4.74 Å². The maximum Gasteiger partial charge on any atom is 0.127 e. The van der Waals surface area contributed by atoms with E-state index in [1.54, 1.807) is 7.11 Å². The van der Waals surface area contributed by atoms with Gasteiger partial charge in [0.25, 0.3) is 0 Å². The Morgan fingerprint density at radius 1 is 1.41 bits per heavy atom. The van der Waals surface area contributed by atoms with Gasteiger partial charge in [-0.1, -0.05) is 12.1 Å². The zero-order chi connectivity index (χ0) is 12.4. The van der Waals surface area contributed by atoms with Gasteiger partial charge >= 0.3 is 0 Å². The Hall–Kier alpha value is -1.29. The minimum Gasteiger partial charge on any atom is -0.496 e. The monoisotopic (exact) mass is 294 g/mol. The molecule has 0 fully saturated rings. The van der Waals surface area contributed by atoms with E-state index in [-0.39, 0.29) is 0 Å². The van der Waals surface area contributed by atoms with Gasteiger partial charge in [-0.2, -0.15) is 0 Å². The third-order valence-corrected chi connectivity index (χ3v) is 3.50. The van der Waals surface area contributed by atoms with Crippen molar-refractivity contribution in [2.45, 2.75) is 13.3 Å². The summed E-state index contributed by atoms with van der Waals surface area (Å²) in [5, 5.41) is 0. The second-order valence-electron chi connectivity index (χ2n) is 4.07. The first-order chi connectivity index (χ1) is 8.11. The van der Waals surface area contributed by atoms with Gasteiger partial charge in [-0.05, 0) is 40.0 Å². The average molecular weight is 295 g/mol. The van der Waals surface area contributed by atoms with Crippen molar-refractivity contribution in [2.24, 2.45) is 7.05 Å². The second kappa shape index (κ2) is 4.92. The number of ether oxygens (including phenoxy) is 1. The van der Waals surface area contributed by atoms with Crippen LogP contribution in [-0.4, -0.2) is 16.7 Å². The molecule has 0 atom stereocenters. The molecule has 0 unspecified atom stereocenters. The van der Waals surface area contributed by atoms with Crippen molar-refractivity contribution in [3.63, 3.8) is 0 Å². The number of benzene rings is 1. The summed E-state index contributed by atoms with van der Waals surface area (Å²) in [6.07, 6.45) is 2.68. The molecule has 3 nitrogen and oxygen atoms in total. The molecule has 1 heterocycles. The van der Waals surface area contributed by atoms with Gasteiger partial charge in [-0.25, -0.2) is 4.98 Å². The number of aromatic nitrogens is 2. The predicted octanol–water partition coefficient (Wildman–Crippen LogP) is 3.09. The Bertz CT molecular complexity index is 515. The van der Waals surface area contributed by atoms with Gasteiger partial charge < -0.3 is 9.30 Å². The topological polar surface area (TPSA) is 27.1 Å². The summed E-state index contributed by atoms with van der Waals surface area (Å²) in [7, 11) is 3.70. The third-order valence-electron chi connectivity index (χ3n) is 2.84. The molecule has 0 N–H and O–H groups in total. The lowest BCUT2D eigenvalue weighted by atomic mass is 10.1. The molecule has 0 aliphatic heterocycles. The molecule has 4 heteroatoms. The Balaban J connectivity index is 2.28. The van der Waals surface area contributed by atoms with Gasteiger partial charge in [0, 0.05) is 13.5 Å². The number of methoxy groups -OCH3 is 1. The van der Waals surface area contributed by atoms with E-state index >= 15 is 0 Å². The molecule has 2 aromatic rings. The Kier molecular flexibility index (Phi) is 3.52. The van der Waals surface area contributed by atoms with Crippen LogP contribution < -0.4 is 4.74 Å². The normalized spacial score (nSPS) is 10.6. The molecule has 0 saturated carbocycles. The van der Waals surface area contributed by atoms with Crippen LogP contribution in [0.4, 0.5) is 0 Å². The van der Waals surface area contributed by atoms with E-state index < -0.39 is 0 Å². The van der Waals surface area contributed by atoms with Gasteiger partial charge in [0.05, 0.1) is 19.1 Å². The molecular formula is C13H15BrN2O. The summed E-state index contributed by atoms with van der Waals surface area (Å²) < 4.78 is 8.20. The lowest BCUT2D eigenvalue weighted by molar-refractivity contribution is 0.411. The van der Waals surface area contributed by atoms with Crippen LogP contribution in [0.2, 0.25) is 0 Å². The fourth-order valence-corrected chi connectivity index (χ4v) is 2.38. The molecule has 1 aromatic carbocycles. The maximum absolute atomic E-state index is 5.26. The van der Waals surface area contributed by atoms with Crippen LogP contribution in [0.1, 0.15) is 16.8 Å². The first kappa shape index (κ1) is 12.2. The Morgan fingerprint density at radius 2 is 2.18 bits per heavy atom. The van der Waals surface area contributed by atoms with Crippen LogP contribution in [0.3, 0.4) is 0 Å². The number of rotatable bonds is 3. The molecule has 90 valence electrons. The van der Waals surface area contributed by atoms with E-state index in [1.165, 1.54) is 11.3 Å². The van der Waals surface area contributed by atoms with E-state index in [9.17, 15) is 0 Å². The van der Waals surface area contributed by atoms with E-state index in [0.29, 0.717) is 0 Å². The lowest BCUT2D eigenvalue weighted by Gasteiger charge is -2.08. The van der Waals surface area contributed by atoms with Crippen molar-refractivity contribution in [1.82, 2.24) is 9.55 Å². The number of hydrogen-bond donors (Lipinski definition) is 0. The highest BCUT2D eigenvalue weighted by molar-refractivity contribution is 9.10. The summed E-state index contributed by atoms with van der Waals surface area (Å²) in [4.78, 5) is 4.22. The van der Waals surface area contributed by atoms with Gasteiger partial charge in [-0.3, -0.25) is 0 Å². The minimum atomic E-state index is 0.863. The van der Waals surface area contributed by atoms with Gasteiger partial charge in [0.1, 0.15) is 10.4 Å². The van der Waals surface area contributed by atoms with Gasteiger partial charge in [0.2, 0.25) is 0 Å². The number of nitrogens with zero attached hydrogens (tertiary/aromatic N) is 2. The van der Waals surface area contributed by atoms with Crippen LogP contribution in [0.5, 0.6) is 5.75 Å². The van der Waals surface area contributed by atoms with Crippen molar-refractivity contribution in [1.29, 1.82) is 0 Å². The molecule has 0 amide bonds. The molecule has 0 spiro atoms. The largest absolute Gasteiger partial charge is 0.496 e. The van der Waals surface area contributed by atoms with E-state index in [2.05, 4.69) is 40.0 Å². The highest BCUT2D eigenvalue weighted by atomic mass is 79.9. The summed E-state index contributed by atoms with van der Waals surface area (Å²) in [5.74, 6) is 0.929. The van der Waals surface area contributed by atoms with Crippen molar-refractivity contribution in [3.8, 4) is 5.75 Å². The van der Waals surface area contributed by atoms with Crippen molar-refractivity contribution in [2.75, 3.05) is 7.11 Å². The Labute approximate surface area is 110 Å². The summed E-state index contributed by atoms with van der Waals surface area (Å²) in [6, 6.07) is 6.25. The lowest BCUT2D eigenvalue weighted by Crippen LogP contribution is -1.98. The summed E-state index contributed by atoms with van der Waals surface area (Å²) in [5.41, 5.74) is 3.59. The molecular weight excluding hydrogens is 280 g/mol. The highest BCUT2D eigenvalue weighted by Crippen LogP contribution is 2.22. The summed E-state index contributed by atoms with van der Waals surface area (Å²) in [6.45, 7) is 2.06. The molecule has 0 bridgehead atoms. The molecule has 17 heavy (non-hydrogen) atoms. The minimum absolute atomic E-state index is 0.863. The maximum atomic E-state index is 5.26. The first-order valence-electron chi connectivity index (χ1n) is 5.41. The molecule has 0 saturated heterocycles. The number of halogens is 1. The number of hydrogen-bond acceptors (Lipinski definition) is 2. The predicted molar refractivity (Wildman–Crippen MR) is 71.4 cm³/mol. The standard InChI is InChI=1S/C13H15BrN2O/c1-9-6-10(4-5-12(9)17-3)7-11-13(14)15-8-16(11)2/h4-6,8H,7H2,1-3H3. The van der Waals surface area contributed by atoms with Crippen LogP contribution in [0.15, 0.2) is 29.1 Å². The first-order valence-corrected chi connectivity index (χ1v) is 6.20. The Morgan fingerprint density at radius 3 is 2.71 bits per heavy atom. The fourth-order valence-electron chi connectivity index (χ4n) is 1.87. The van der Waals surface area contributed by atoms with Crippen LogP contribution in [-0.2, 0) is 13.5 Å². The van der Waals surface area contributed by atoms with Crippen LogP contribution in [0.25, 0.3) is 0 Å². The number of imidazole rings is 1. The van der Waals surface area contributed by atoms with Crippen molar-refractivity contribution in [3.05, 3.63) is 46.0 Å². The number of aryl methyl sites for hydroxylation is 2. The molecule has 1 aromatic heterocycles. The average Bonchev–Trinajstić information content (AvgIpc) is 2.61. The van der Waals surface area contributed by atoms with Gasteiger partial charge in [-0.15, -0.1) is 0 Å². The molecule has 0 radical (unpaired) electrons. The summed E-state index contributed by atoms with van der Waals surface area (Å²) >= 11 is 3.46. The fraction of sp³-hybridized carbons (Fsp3) is 0.308. The van der Waals surface area contributed by atoms with Crippen LogP contribution in [0, 0.1) is 6.92 Å². The van der Waals surface area contributed by atoms with E-state index in [0.717, 1.165) is 22.3 Å². The quantitative estimate of drug-likeness (QED) is 0.870.